The molecule has 1 aromatic heterocycles. The van der Waals surface area contributed by atoms with Crippen LogP contribution >= 0.6 is 0 Å². The maximum atomic E-state index is 12.4. The second-order valence-electron chi connectivity index (χ2n) is 6.62. The smallest absolute Gasteiger partial charge is 0.224 e. The highest BCUT2D eigenvalue weighted by Gasteiger charge is 2.18. The standard InChI is InChI=1S/C19H26N2O2/c1-3-16(12-21-8-4-5-9-21)20-19(22)11-15-13-23-18-10-14(2)6-7-17(15)18/h6-7,10,13,16H,3-5,8-9,11-12H2,1-2H3,(H,20,22). The zero-order chi connectivity index (χ0) is 16.2. The lowest BCUT2D eigenvalue weighted by molar-refractivity contribution is -0.121. The molecule has 0 radical (unpaired) electrons. The normalized spacial score (nSPS) is 16.8. The number of hydrogen-bond donors (Lipinski definition) is 1. The molecule has 1 unspecified atom stereocenters. The highest BCUT2D eigenvalue weighted by atomic mass is 16.3. The Bertz CT molecular complexity index is 671. The summed E-state index contributed by atoms with van der Waals surface area (Å²) >= 11 is 0. The van der Waals surface area contributed by atoms with E-state index in [1.807, 2.05) is 19.1 Å². The van der Waals surface area contributed by atoms with Crippen molar-refractivity contribution < 1.29 is 9.21 Å². The number of aryl methyl sites for hydroxylation is 1. The first-order chi connectivity index (χ1) is 11.2. The molecule has 3 rings (SSSR count). The van der Waals surface area contributed by atoms with Gasteiger partial charge in [-0.05, 0) is 50.9 Å². The molecule has 1 aromatic carbocycles. The molecule has 4 heteroatoms. The van der Waals surface area contributed by atoms with E-state index in [2.05, 4.69) is 23.2 Å². The first-order valence-electron chi connectivity index (χ1n) is 8.64. The van der Waals surface area contributed by atoms with E-state index >= 15 is 0 Å². The Balaban J connectivity index is 1.60. The molecule has 1 aliphatic rings. The van der Waals surface area contributed by atoms with Gasteiger partial charge in [-0.15, -0.1) is 0 Å². The topological polar surface area (TPSA) is 45.5 Å². The lowest BCUT2D eigenvalue weighted by atomic mass is 10.1. The second-order valence-corrected chi connectivity index (χ2v) is 6.62. The van der Waals surface area contributed by atoms with Gasteiger partial charge >= 0.3 is 0 Å². The molecular weight excluding hydrogens is 288 g/mol. The minimum absolute atomic E-state index is 0.0827. The fourth-order valence-electron chi connectivity index (χ4n) is 3.33. The Kier molecular flexibility index (Phi) is 5.01. The van der Waals surface area contributed by atoms with Crippen molar-refractivity contribution in [2.75, 3.05) is 19.6 Å². The maximum absolute atomic E-state index is 12.4. The summed E-state index contributed by atoms with van der Waals surface area (Å²) in [5.41, 5.74) is 2.99. The van der Waals surface area contributed by atoms with Crippen LogP contribution in [-0.2, 0) is 11.2 Å². The van der Waals surface area contributed by atoms with Crippen LogP contribution < -0.4 is 5.32 Å². The molecule has 1 aliphatic heterocycles. The average Bonchev–Trinajstić information content (AvgIpc) is 3.16. The van der Waals surface area contributed by atoms with Crippen molar-refractivity contribution in [2.45, 2.75) is 45.6 Å². The summed E-state index contributed by atoms with van der Waals surface area (Å²) in [6.45, 7) is 7.47. The molecule has 124 valence electrons. The number of carbonyl (C=O) groups excluding carboxylic acids is 1. The van der Waals surface area contributed by atoms with Gasteiger partial charge in [0.15, 0.2) is 0 Å². The number of nitrogens with one attached hydrogen (secondary N) is 1. The summed E-state index contributed by atoms with van der Waals surface area (Å²) in [5.74, 6) is 0.0827. The lowest BCUT2D eigenvalue weighted by Crippen LogP contribution is -2.43. The van der Waals surface area contributed by atoms with Crippen LogP contribution in [0.1, 0.15) is 37.3 Å². The molecule has 0 spiro atoms. The largest absolute Gasteiger partial charge is 0.464 e. The number of amides is 1. The Morgan fingerprint density at radius 1 is 1.35 bits per heavy atom. The number of likely N-dealkylation sites (tertiary alicyclic amines) is 1. The van der Waals surface area contributed by atoms with Gasteiger partial charge in [0.1, 0.15) is 5.58 Å². The first-order valence-corrected chi connectivity index (χ1v) is 8.64. The molecule has 0 aliphatic carbocycles. The van der Waals surface area contributed by atoms with E-state index in [0.29, 0.717) is 6.42 Å². The predicted octanol–water partition coefficient (Wildman–Crippen LogP) is 3.27. The minimum Gasteiger partial charge on any atom is -0.464 e. The third kappa shape index (κ3) is 3.94. The van der Waals surface area contributed by atoms with E-state index in [4.69, 9.17) is 4.42 Å². The maximum Gasteiger partial charge on any atom is 0.224 e. The summed E-state index contributed by atoms with van der Waals surface area (Å²) in [7, 11) is 0. The summed E-state index contributed by atoms with van der Waals surface area (Å²) in [6.07, 6.45) is 5.63. The third-order valence-electron chi connectivity index (χ3n) is 4.70. The van der Waals surface area contributed by atoms with Crippen LogP contribution in [0.4, 0.5) is 0 Å². The highest BCUT2D eigenvalue weighted by molar-refractivity contribution is 5.88. The van der Waals surface area contributed by atoms with Crippen molar-refractivity contribution in [2.24, 2.45) is 0 Å². The number of benzene rings is 1. The molecule has 23 heavy (non-hydrogen) atoms. The number of furan rings is 1. The number of nitrogens with zero attached hydrogens (tertiary/aromatic N) is 1. The molecule has 0 bridgehead atoms. The van der Waals surface area contributed by atoms with Crippen molar-refractivity contribution >= 4 is 16.9 Å². The lowest BCUT2D eigenvalue weighted by Gasteiger charge is -2.23. The van der Waals surface area contributed by atoms with Gasteiger partial charge in [-0.1, -0.05) is 19.1 Å². The van der Waals surface area contributed by atoms with Crippen molar-refractivity contribution in [3.05, 3.63) is 35.6 Å². The van der Waals surface area contributed by atoms with E-state index < -0.39 is 0 Å². The van der Waals surface area contributed by atoms with Crippen LogP contribution in [0.5, 0.6) is 0 Å². The molecule has 1 amide bonds. The van der Waals surface area contributed by atoms with Gasteiger partial charge in [-0.3, -0.25) is 4.79 Å². The van der Waals surface area contributed by atoms with Crippen LogP contribution in [-0.4, -0.2) is 36.5 Å². The molecule has 1 saturated heterocycles. The Morgan fingerprint density at radius 3 is 2.87 bits per heavy atom. The van der Waals surface area contributed by atoms with E-state index in [1.165, 1.54) is 18.4 Å². The molecular formula is C19H26N2O2. The number of hydrogen-bond acceptors (Lipinski definition) is 3. The average molecular weight is 314 g/mol. The summed E-state index contributed by atoms with van der Waals surface area (Å²) < 4.78 is 5.58. The molecule has 2 heterocycles. The molecule has 1 fully saturated rings. The van der Waals surface area contributed by atoms with Gasteiger partial charge in [0.25, 0.3) is 0 Å². The van der Waals surface area contributed by atoms with Gasteiger partial charge in [0.05, 0.1) is 12.7 Å². The first kappa shape index (κ1) is 16.1. The van der Waals surface area contributed by atoms with Gasteiger partial charge in [0, 0.05) is 23.5 Å². The van der Waals surface area contributed by atoms with E-state index in [1.54, 1.807) is 6.26 Å². The minimum atomic E-state index is 0.0827. The zero-order valence-electron chi connectivity index (χ0n) is 14.1. The van der Waals surface area contributed by atoms with Crippen LogP contribution in [0.15, 0.2) is 28.9 Å². The third-order valence-corrected chi connectivity index (χ3v) is 4.70. The van der Waals surface area contributed by atoms with Gasteiger partial charge in [-0.25, -0.2) is 0 Å². The van der Waals surface area contributed by atoms with E-state index in [9.17, 15) is 4.79 Å². The van der Waals surface area contributed by atoms with E-state index in [-0.39, 0.29) is 11.9 Å². The monoisotopic (exact) mass is 314 g/mol. The molecule has 2 aromatic rings. The van der Waals surface area contributed by atoms with Crippen LogP contribution in [0, 0.1) is 6.92 Å². The summed E-state index contributed by atoms with van der Waals surface area (Å²) in [5, 5.41) is 4.23. The fourth-order valence-corrected chi connectivity index (χ4v) is 3.33. The van der Waals surface area contributed by atoms with Gasteiger partial charge in [-0.2, -0.15) is 0 Å². The fraction of sp³-hybridized carbons (Fsp3) is 0.526. The SMILES string of the molecule is CCC(CN1CCCC1)NC(=O)Cc1coc2cc(C)ccc12. The Morgan fingerprint density at radius 2 is 2.13 bits per heavy atom. The number of rotatable bonds is 6. The van der Waals surface area contributed by atoms with Crippen molar-refractivity contribution in [3.8, 4) is 0 Å². The molecule has 1 atom stereocenters. The van der Waals surface area contributed by atoms with E-state index in [0.717, 1.165) is 42.6 Å². The Labute approximate surface area is 137 Å². The Hall–Kier alpha value is -1.81. The van der Waals surface area contributed by atoms with Crippen LogP contribution in [0.2, 0.25) is 0 Å². The van der Waals surface area contributed by atoms with Crippen molar-refractivity contribution in [1.29, 1.82) is 0 Å². The quantitative estimate of drug-likeness (QED) is 0.890. The molecule has 1 N–H and O–H groups in total. The summed E-state index contributed by atoms with van der Waals surface area (Å²) in [6, 6.07) is 6.35. The van der Waals surface area contributed by atoms with Gasteiger partial charge < -0.3 is 14.6 Å². The molecule has 0 saturated carbocycles. The second kappa shape index (κ2) is 7.18. The highest BCUT2D eigenvalue weighted by Crippen LogP contribution is 2.22. The summed E-state index contributed by atoms with van der Waals surface area (Å²) in [4.78, 5) is 14.8. The van der Waals surface area contributed by atoms with Crippen LogP contribution in [0.3, 0.4) is 0 Å². The predicted molar refractivity (Wildman–Crippen MR) is 92.6 cm³/mol. The zero-order valence-corrected chi connectivity index (χ0v) is 14.1. The molecule has 4 nitrogen and oxygen atoms in total. The van der Waals surface area contributed by atoms with Crippen molar-refractivity contribution in [1.82, 2.24) is 10.2 Å². The van der Waals surface area contributed by atoms with Crippen LogP contribution in [0.25, 0.3) is 11.0 Å². The number of carbonyl (C=O) groups is 1. The van der Waals surface area contributed by atoms with Crippen molar-refractivity contribution in [3.63, 3.8) is 0 Å². The van der Waals surface area contributed by atoms with Gasteiger partial charge in [0.2, 0.25) is 5.91 Å². The number of fused-ring (bicyclic) bond motifs is 1.